The third kappa shape index (κ3) is 4.46. The van der Waals surface area contributed by atoms with Crippen LogP contribution in [-0.2, 0) is 36.4 Å². The zero-order chi connectivity index (χ0) is 38.8. The number of aryl methyl sites for hydroxylation is 1. The monoisotopic (exact) mass is 750 g/mol. The molecule has 1 unspecified atom stereocenters. The first-order valence-corrected chi connectivity index (χ1v) is 19.9. The van der Waals surface area contributed by atoms with E-state index in [-0.39, 0.29) is 17.9 Å². The van der Waals surface area contributed by atoms with Gasteiger partial charge in [0, 0.05) is 84.0 Å². The number of likely N-dealkylation sites (N-methyl/N-ethyl adjacent to an activating group) is 1. The number of hydrogen-bond acceptors (Lipinski definition) is 10. The Bertz CT molecular complexity index is 2180. The number of esters is 2. The second-order valence-corrected chi connectivity index (χ2v) is 17.1. The number of aromatic nitrogens is 1. The third-order valence-electron chi connectivity index (χ3n) is 14.8. The second-order valence-electron chi connectivity index (χ2n) is 17.1. The van der Waals surface area contributed by atoms with Crippen LogP contribution in [0.4, 0.5) is 5.69 Å². The number of aliphatic hydroxyl groups excluding tert-OH is 1. The molecule has 1 spiro atoms. The van der Waals surface area contributed by atoms with Crippen LogP contribution in [0.3, 0.4) is 0 Å². The fourth-order valence-corrected chi connectivity index (χ4v) is 12.7. The van der Waals surface area contributed by atoms with Gasteiger partial charge < -0.3 is 34.3 Å². The predicted octanol–water partition coefficient (Wildman–Crippen LogP) is 4.49. The molecule has 6 aliphatic rings. The van der Waals surface area contributed by atoms with E-state index >= 15 is 4.79 Å². The number of carbonyl (C=O) groups excluding carboxylic acids is 2. The third-order valence-corrected chi connectivity index (χ3v) is 14.8. The van der Waals surface area contributed by atoms with E-state index < -0.39 is 40.0 Å². The smallest absolute Gasteiger partial charge is 0.342 e. The number of H-pyrrole nitrogens is 1. The molecule has 1 saturated heterocycles. The SMILES string of the molecule is CCC1=C[C@H]2CN(C1)Cc1c([nH]c3ccc(C)cc13)[C@@](C(=O)OC)(c1cc3c(cc1OC)N(C)[C@H]1[C@@](O)(C(=O)OC)[C@H](O)[C@]4(CC)C=CCN5CC[C@]31[C@@H]54)C2. The molecule has 5 aliphatic heterocycles. The number of rotatable bonds is 6. The van der Waals surface area contributed by atoms with Gasteiger partial charge in [0.25, 0.3) is 0 Å². The van der Waals surface area contributed by atoms with Crippen molar-refractivity contribution >= 4 is 28.5 Å². The average Bonchev–Trinajstić information content (AvgIpc) is 3.84. The summed E-state index contributed by atoms with van der Waals surface area (Å²) >= 11 is 0. The molecule has 9 rings (SSSR count). The normalized spacial score (nSPS) is 35.9. The molecule has 292 valence electrons. The number of methoxy groups -OCH3 is 3. The summed E-state index contributed by atoms with van der Waals surface area (Å²) in [6, 6.07) is 9.42. The zero-order valence-corrected chi connectivity index (χ0v) is 33.1. The van der Waals surface area contributed by atoms with E-state index in [2.05, 4.69) is 65.0 Å². The lowest BCUT2D eigenvalue weighted by Gasteiger charge is -2.63. The summed E-state index contributed by atoms with van der Waals surface area (Å²) in [7, 11) is 6.25. The highest BCUT2D eigenvalue weighted by Gasteiger charge is 2.79. The van der Waals surface area contributed by atoms with E-state index in [1.54, 1.807) is 7.11 Å². The number of fused-ring (bicyclic) bond motifs is 6. The maximum atomic E-state index is 15.2. The molecule has 0 amide bonds. The van der Waals surface area contributed by atoms with Gasteiger partial charge in [-0.1, -0.05) is 49.3 Å². The molecule has 11 nitrogen and oxygen atoms in total. The molecule has 2 bridgehead atoms. The highest BCUT2D eigenvalue weighted by molar-refractivity contribution is 5.95. The minimum Gasteiger partial charge on any atom is -0.496 e. The van der Waals surface area contributed by atoms with Crippen molar-refractivity contribution in [3.63, 3.8) is 0 Å². The molecule has 6 heterocycles. The maximum absolute atomic E-state index is 15.2. The number of aromatic amines is 1. The number of ether oxygens (including phenoxy) is 3. The number of benzene rings is 2. The van der Waals surface area contributed by atoms with Crippen LogP contribution < -0.4 is 9.64 Å². The Morgan fingerprint density at radius 3 is 2.51 bits per heavy atom. The van der Waals surface area contributed by atoms with E-state index in [9.17, 15) is 15.0 Å². The van der Waals surface area contributed by atoms with Crippen molar-refractivity contribution < 1.29 is 34.0 Å². The Morgan fingerprint density at radius 2 is 1.80 bits per heavy atom. The number of anilines is 1. The first-order valence-electron chi connectivity index (χ1n) is 19.9. The predicted molar refractivity (Wildman–Crippen MR) is 209 cm³/mol. The van der Waals surface area contributed by atoms with E-state index in [0.717, 1.165) is 58.5 Å². The Kier molecular flexibility index (Phi) is 8.24. The van der Waals surface area contributed by atoms with Gasteiger partial charge in [0.2, 0.25) is 5.60 Å². The fourth-order valence-electron chi connectivity index (χ4n) is 12.7. The van der Waals surface area contributed by atoms with Crippen LogP contribution in [0.5, 0.6) is 5.75 Å². The number of nitrogens with one attached hydrogen (secondary N) is 1. The van der Waals surface area contributed by atoms with Crippen molar-refractivity contribution in [2.24, 2.45) is 11.3 Å². The van der Waals surface area contributed by atoms with Gasteiger partial charge in [-0.2, -0.15) is 0 Å². The molecule has 9 atom stereocenters. The summed E-state index contributed by atoms with van der Waals surface area (Å²) in [5, 5.41) is 26.4. The lowest BCUT2D eigenvalue weighted by molar-refractivity contribution is -0.218. The topological polar surface area (TPSA) is 128 Å². The van der Waals surface area contributed by atoms with Gasteiger partial charge in [-0.05, 0) is 74.4 Å². The molecule has 3 aromatic rings. The van der Waals surface area contributed by atoms with Gasteiger partial charge in [0.1, 0.15) is 17.3 Å². The summed E-state index contributed by atoms with van der Waals surface area (Å²) in [5.41, 5.74) is 2.39. The Balaban J connectivity index is 1.37. The van der Waals surface area contributed by atoms with Crippen LogP contribution in [0.25, 0.3) is 10.9 Å². The average molecular weight is 751 g/mol. The minimum atomic E-state index is -2.27. The molecular formula is C44H54N4O7. The Hall–Kier alpha value is -4.16. The van der Waals surface area contributed by atoms with Crippen LogP contribution in [-0.4, -0.2) is 115 Å². The molecule has 1 aromatic heterocycles. The molecule has 55 heavy (non-hydrogen) atoms. The quantitative estimate of drug-likeness (QED) is 0.245. The maximum Gasteiger partial charge on any atom is 0.342 e. The van der Waals surface area contributed by atoms with Gasteiger partial charge in [0.15, 0.2) is 0 Å². The molecule has 2 aromatic carbocycles. The van der Waals surface area contributed by atoms with Crippen molar-refractivity contribution in [3.05, 3.63) is 82.1 Å². The van der Waals surface area contributed by atoms with Crippen LogP contribution in [0.1, 0.15) is 67.5 Å². The van der Waals surface area contributed by atoms with Crippen LogP contribution >= 0.6 is 0 Å². The van der Waals surface area contributed by atoms with Crippen LogP contribution in [0.15, 0.2) is 54.1 Å². The number of aliphatic hydroxyl groups is 2. The number of nitrogens with zero attached hydrogens (tertiary/aromatic N) is 3. The standard InChI is InChI=1S/C44H54N4O7/c1-8-26-18-27-21-43(39(50)54-6,35-29(24-47(22-26)23-27)28-17-25(3)11-12-32(28)45-35)31-19-30-33(20-34(31)53-5)46(4)37-42(30)14-16-48-15-10-13-41(9-2,36(42)48)38(49)44(37,52)40(51)55-7/h10-13,17-20,27,36-38,45,49,52H,8-9,14-16,21-24H2,1-7H3/t27-,36+,37-,38-,41-,42-,43+,44+/m1/s1. The van der Waals surface area contributed by atoms with Gasteiger partial charge in [-0.3, -0.25) is 14.6 Å². The summed E-state index contributed by atoms with van der Waals surface area (Å²) in [5.74, 6) is -0.669. The van der Waals surface area contributed by atoms with Crippen molar-refractivity contribution in [2.75, 3.05) is 59.5 Å². The minimum absolute atomic E-state index is 0.0445. The summed E-state index contributed by atoms with van der Waals surface area (Å²) < 4.78 is 17.6. The highest BCUT2D eigenvalue weighted by Crippen LogP contribution is 2.67. The van der Waals surface area contributed by atoms with Gasteiger partial charge in [0.05, 0.1) is 27.4 Å². The molecule has 2 fully saturated rings. The van der Waals surface area contributed by atoms with E-state index in [0.29, 0.717) is 50.2 Å². The van der Waals surface area contributed by atoms with Gasteiger partial charge in [-0.25, -0.2) is 4.79 Å². The zero-order valence-electron chi connectivity index (χ0n) is 33.1. The lowest BCUT2D eigenvalue weighted by atomic mass is 9.47. The molecule has 3 N–H and O–H groups in total. The summed E-state index contributed by atoms with van der Waals surface area (Å²) in [4.78, 5) is 39.8. The van der Waals surface area contributed by atoms with E-state index in [4.69, 9.17) is 14.2 Å². The molecular weight excluding hydrogens is 697 g/mol. The molecule has 1 saturated carbocycles. The fraction of sp³-hybridized carbons (Fsp3) is 0.545. The molecule has 1 aliphatic carbocycles. The number of hydrogen-bond donors (Lipinski definition) is 3. The van der Waals surface area contributed by atoms with Gasteiger partial charge in [-0.15, -0.1) is 0 Å². The lowest BCUT2D eigenvalue weighted by Crippen LogP contribution is -2.80. The van der Waals surface area contributed by atoms with Gasteiger partial charge >= 0.3 is 11.9 Å². The van der Waals surface area contributed by atoms with Crippen molar-refractivity contribution in [2.45, 2.75) is 87.6 Å². The van der Waals surface area contributed by atoms with Crippen molar-refractivity contribution in [3.8, 4) is 5.75 Å². The summed E-state index contributed by atoms with van der Waals surface area (Å²) in [6.07, 6.45) is 7.53. The summed E-state index contributed by atoms with van der Waals surface area (Å²) in [6.45, 7) is 10.1. The number of carbonyl (C=O) groups is 2. The van der Waals surface area contributed by atoms with Crippen LogP contribution in [0.2, 0.25) is 0 Å². The second kappa shape index (κ2) is 12.4. The molecule has 0 radical (unpaired) electrons. The first kappa shape index (κ1) is 36.5. The van der Waals surface area contributed by atoms with E-state index in [1.165, 1.54) is 19.8 Å². The van der Waals surface area contributed by atoms with Crippen LogP contribution in [0, 0.1) is 18.3 Å². The highest BCUT2D eigenvalue weighted by atomic mass is 16.5. The van der Waals surface area contributed by atoms with Crippen molar-refractivity contribution in [1.29, 1.82) is 0 Å². The molecule has 11 heteroatoms. The van der Waals surface area contributed by atoms with Crippen molar-refractivity contribution in [1.82, 2.24) is 14.8 Å². The van der Waals surface area contributed by atoms with E-state index in [1.807, 2.05) is 31.0 Å². The Morgan fingerprint density at radius 1 is 1.02 bits per heavy atom. The largest absolute Gasteiger partial charge is 0.496 e. The first-order chi connectivity index (χ1) is 26.4. The Labute approximate surface area is 322 Å².